The monoisotopic (exact) mass is 191 g/mol. The minimum Gasteiger partial charge on any atom is -0.436 e. The van der Waals surface area contributed by atoms with Crippen molar-refractivity contribution in [1.82, 2.24) is 4.98 Å². The Balaban J connectivity index is 3.01. The maximum atomic E-state index is 8.59. The quantitative estimate of drug-likeness (QED) is 0.727. The fourth-order valence-corrected chi connectivity index (χ4v) is 0.996. The van der Waals surface area contributed by atoms with Gasteiger partial charge in [-0.3, -0.25) is 0 Å². The Kier molecular flexibility index (Phi) is 1.87. The molecule has 1 aromatic heterocycles. The number of aliphatic hydroxyl groups is 1. The van der Waals surface area contributed by atoms with Crippen molar-refractivity contribution < 1.29 is 9.52 Å². The van der Waals surface area contributed by atoms with Crippen molar-refractivity contribution in [2.45, 2.75) is 13.5 Å². The van der Waals surface area contributed by atoms with E-state index < -0.39 is 0 Å². The van der Waals surface area contributed by atoms with E-state index in [1.165, 1.54) is 0 Å². The first-order valence-corrected chi connectivity index (χ1v) is 3.26. The van der Waals surface area contributed by atoms with Crippen molar-refractivity contribution in [2.75, 3.05) is 0 Å². The van der Waals surface area contributed by atoms with Crippen LogP contribution in [0.1, 0.15) is 11.5 Å². The molecule has 9 heavy (non-hydrogen) atoms. The number of oxazole rings is 1. The molecule has 0 aliphatic carbocycles. The lowest BCUT2D eigenvalue weighted by atomic mass is 10.4. The Morgan fingerprint density at radius 2 is 2.44 bits per heavy atom. The maximum Gasteiger partial charge on any atom is 0.264 e. The Labute approximate surface area is 60.8 Å². The molecule has 0 saturated heterocycles. The van der Waals surface area contributed by atoms with Crippen molar-refractivity contribution in [3.8, 4) is 0 Å². The van der Waals surface area contributed by atoms with E-state index in [0.717, 1.165) is 0 Å². The highest BCUT2D eigenvalue weighted by atomic mass is 79.9. The normalized spacial score (nSPS) is 10.1. The summed E-state index contributed by atoms with van der Waals surface area (Å²) in [6.45, 7) is 1.68. The van der Waals surface area contributed by atoms with Crippen LogP contribution in [0.2, 0.25) is 0 Å². The number of aromatic nitrogens is 1. The second kappa shape index (κ2) is 2.49. The minimum absolute atomic E-state index is 0.0685. The first-order valence-electron chi connectivity index (χ1n) is 2.46. The van der Waals surface area contributed by atoms with Crippen LogP contribution in [-0.4, -0.2) is 10.1 Å². The third-order valence-electron chi connectivity index (χ3n) is 1.02. The van der Waals surface area contributed by atoms with Gasteiger partial charge in [-0.2, -0.15) is 0 Å². The molecule has 0 amide bonds. The third-order valence-corrected chi connectivity index (χ3v) is 1.36. The van der Waals surface area contributed by atoms with Crippen LogP contribution in [0, 0.1) is 6.92 Å². The molecule has 3 nitrogen and oxygen atoms in total. The van der Waals surface area contributed by atoms with E-state index in [9.17, 15) is 0 Å². The molecule has 1 rings (SSSR count). The Morgan fingerprint density at radius 3 is 2.67 bits per heavy atom. The van der Waals surface area contributed by atoms with Gasteiger partial charge in [0.05, 0.1) is 6.61 Å². The molecular weight excluding hydrogens is 186 g/mol. The average Bonchev–Trinajstić information content (AvgIpc) is 2.10. The van der Waals surface area contributed by atoms with Crippen molar-refractivity contribution in [3.63, 3.8) is 0 Å². The summed E-state index contributed by atoms with van der Waals surface area (Å²) in [6.07, 6.45) is 0. The van der Waals surface area contributed by atoms with E-state index in [1.807, 2.05) is 0 Å². The van der Waals surface area contributed by atoms with Crippen molar-refractivity contribution in [3.05, 3.63) is 16.3 Å². The molecule has 1 aromatic rings. The zero-order valence-corrected chi connectivity index (χ0v) is 6.47. The van der Waals surface area contributed by atoms with Crippen molar-refractivity contribution in [1.29, 1.82) is 0 Å². The average molecular weight is 192 g/mol. The van der Waals surface area contributed by atoms with Crippen molar-refractivity contribution in [2.24, 2.45) is 0 Å². The first-order chi connectivity index (χ1) is 4.24. The zero-order chi connectivity index (χ0) is 6.85. The molecule has 4 heteroatoms. The number of aliphatic hydroxyl groups excluding tert-OH is 1. The Hall–Kier alpha value is -0.350. The van der Waals surface area contributed by atoms with Gasteiger partial charge in [-0.25, -0.2) is 4.98 Å². The lowest BCUT2D eigenvalue weighted by Crippen LogP contribution is -1.83. The molecule has 1 N–H and O–H groups in total. The van der Waals surface area contributed by atoms with E-state index in [0.29, 0.717) is 16.3 Å². The number of hydrogen-bond donors (Lipinski definition) is 1. The van der Waals surface area contributed by atoms with Gasteiger partial charge in [0, 0.05) is 15.9 Å². The summed E-state index contributed by atoms with van der Waals surface area (Å²) in [4.78, 5) is 4.25. The Morgan fingerprint density at radius 1 is 1.78 bits per heavy atom. The van der Waals surface area contributed by atoms with Crippen LogP contribution in [-0.2, 0) is 6.61 Å². The zero-order valence-electron chi connectivity index (χ0n) is 4.89. The molecular formula is C5H6BrNO2. The summed E-state index contributed by atoms with van der Waals surface area (Å²) in [7, 11) is 0. The number of aryl methyl sites for hydroxylation is 1. The number of rotatable bonds is 1. The van der Waals surface area contributed by atoms with Gasteiger partial charge >= 0.3 is 0 Å². The highest BCUT2D eigenvalue weighted by Crippen LogP contribution is 2.13. The molecule has 50 valence electrons. The summed E-state index contributed by atoms with van der Waals surface area (Å²) >= 11 is 3.03. The summed E-state index contributed by atoms with van der Waals surface area (Å²) in [5.41, 5.74) is 0.585. The van der Waals surface area contributed by atoms with Crippen LogP contribution in [0.3, 0.4) is 0 Å². The van der Waals surface area contributed by atoms with Gasteiger partial charge in [-0.05, 0) is 6.92 Å². The SMILES string of the molecule is Cc1oc(Br)nc1CO. The van der Waals surface area contributed by atoms with Gasteiger partial charge in [-0.15, -0.1) is 0 Å². The summed E-state index contributed by atoms with van der Waals surface area (Å²) in [5.74, 6) is 0.657. The van der Waals surface area contributed by atoms with E-state index >= 15 is 0 Å². The van der Waals surface area contributed by atoms with Crippen LogP contribution >= 0.6 is 15.9 Å². The van der Waals surface area contributed by atoms with Gasteiger partial charge in [0.2, 0.25) is 0 Å². The summed E-state index contributed by atoms with van der Waals surface area (Å²) < 4.78 is 4.95. The highest BCUT2D eigenvalue weighted by molar-refractivity contribution is 9.10. The lowest BCUT2D eigenvalue weighted by molar-refractivity contribution is 0.275. The molecule has 0 aliphatic heterocycles. The van der Waals surface area contributed by atoms with E-state index in [4.69, 9.17) is 9.52 Å². The lowest BCUT2D eigenvalue weighted by Gasteiger charge is -1.83. The predicted octanol–water partition coefficient (Wildman–Crippen LogP) is 1.24. The molecule has 1 heterocycles. The van der Waals surface area contributed by atoms with E-state index in [2.05, 4.69) is 20.9 Å². The molecule has 0 atom stereocenters. The van der Waals surface area contributed by atoms with Gasteiger partial charge in [-0.1, -0.05) is 0 Å². The van der Waals surface area contributed by atoms with Crippen LogP contribution in [0.25, 0.3) is 0 Å². The largest absolute Gasteiger partial charge is 0.436 e. The molecule has 0 aromatic carbocycles. The van der Waals surface area contributed by atoms with Crippen LogP contribution in [0.5, 0.6) is 0 Å². The highest BCUT2D eigenvalue weighted by Gasteiger charge is 2.03. The third kappa shape index (κ3) is 1.31. The predicted molar refractivity (Wildman–Crippen MR) is 34.9 cm³/mol. The molecule has 0 unspecified atom stereocenters. The van der Waals surface area contributed by atoms with Crippen LogP contribution in [0.15, 0.2) is 9.22 Å². The smallest absolute Gasteiger partial charge is 0.264 e. The van der Waals surface area contributed by atoms with Gasteiger partial charge in [0.15, 0.2) is 0 Å². The number of nitrogens with zero attached hydrogens (tertiary/aromatic N) is 1. The molecule has 0 radical (unpaired) electrons. The van der Waals surface area contributed by atoms with Crippen LogP contribution < -0.4 is 0 Å². The van der Waals surface area contributed by atoms with E-state index in [1.54, 1.807) is 6.92 Å². The number of hydrogen-bond acceptors (Lipinski definition) is 3. The standard InChI is InChI=1S/C5H6BrNO2/c1-3-4(2-8)7-5(6)9-3/h8H,2H2,1H3. The second-order valence-electron chi connectivity index (χ2n) is 1.63. The van der Waals surface area contributed by atoms with Crippen LogP contribution in [0.4, 0.5) is 0 Å². The molecule has 0 saturated carbocycles. The number of halogens is 1. The topological polar surface area (TPSA) is 46.3 Å². The van der Waals surface area contributed by atoms with Gasteiger partial charge in [0.1, 0.15) is 11.5 Å². The fourth-order valence-electron chi connectivity index (χ4n) is 0.540. The summed E-state index contributed by atoms with van der Waals surface area (Å²) in [5, 5.41) is 8.59. The molecule has 0 aliphatic rings. The van der Waals surface area contributed by atoms with Gasteiger partial charge < -0.3 is 9.52 Å². The maximum absolute atomic E-state index is 8.59. The van der Waals surface area contributed by atoms with E-state index in [-0.39, 0.29) is 6.61 Å². The first kappa shape index (κ1) is 6.77. The van der Waals surface area contributed by atoms with Gasteiger partial charge in [0.25, 0.3) is 4.80 Å². The molecule has 0 fully saturated rings. The Bertz CT molecular complexity index is 209. The second-order valence-corrected chi connectivity index (χ2v) is 2.31. The summed E-state index contributed by atoms with van der Waals surface area (Å²) in [6, 6.07) is 0. The molecule has 0 spiro atoms. The van der Waals surface area contributed by atoms with Crippen molar-refractivity contribution >= 4 is 15.9 Å². The fraction of sp³-hybridized carbons (Fsp3) is 0.400. The molecule has 0 bridgehead atoms. The minimum atomic E-state index is -0.0685.